The van der Waals surface area contributed by atoms with Gasteiger partial charge in [-0.1, -0.05) is 0 Å². The number of methoxy groups -OCH3 is 1. The van der Waals surface area contributed by atoms with Gasteiger partial charge < -0.3 is 10.1 Å². The predicted octanol–water partition coefficient (Wildman–Crippen LogP) is 3.40. The van der Waals surface area contributed by atoms with Gasteiger partial charge in [0.15, 0.2) is 5.82 Å². The Morgan fingerprint density at radius 1 is 1.24 bits per heavy atom. The SMILES string of the molecule is COc1ccc(-c2nc3c(c(C4CC4)n2)CNC3)cc1Br. The lowest BCUT2D eigenvalue weighted by Gasteiger charge is -2.10. The molecule has 1 aliphatic heterocycles. The molecule has 1 fully saturated rings. The molecule has 1 aliphatic carbocycles. The minimum Gasteiger partial charge on any atom is -0.496 e. The highest BCUT2D eigenvalue weighted by Gasteiger charge is 2.31. The van der Waals surface area contributed by atoms with Crippen molar-refractivity contribution in [2.75, 3.05) is 7.11 Å². The van der Waals surface area contributed by atoms with Crippen molar-refractivity contribution in [3.63, 3.8) is 0 Å². The van der Waals surface area contributed by atoms with Crippen LogP contribution in [-0.4, -0.2) is 17.1 Å². The van der Waals surface area contributed by atoms with Crippen LogP contribution in [-0.2, 0) is 13.1 Å². The maximum atomic E-state index is 5.28. The molecule has 4 nitrogen and oxygen atoms in total. The summed E-state index contributed by atoms with van der Waals surface area (Å²) in [5.41, 5.74) is 4.77. The highest BCUT2D eigenvalue weighted by Crippen LogP contribution is 2.42. The normalized spacial score (nSPS) is 16.9. The number of ether oxygens (including phenoxy) is 1. The molecule has 0 bridgehead atoms. The average Bonchev–Trinajstić information content (AvgIpc) is 3.23. The van der Waals surface area contributed by atoms with Gasteiger partial charge in [-0.2, -0.15) is 0 Å². The van der Waals surface area contributed by atoms with Crippen LogP contribution in [0.5, 0.6) is 5.75 Å². The van der Waals surface area contributed by atoms with E-state index in [0.717, 1.165) is 40.4 Å². The Morgan fingerprint density at radius 2 is 2.10 bits per heavy atom. The Kier molecular flexibility index (Phi) is 3.19. The zero-order valence-corrected chi connectivity index (χ0v) is 13.4. The molecule has 0 saturated heterocycles. The van der Waals surface area contributed by atoms with Crippen molar-refractivity contribution >= 4 is 15.9 Å². The third-order valence-corrected chi connectivity index (χ3v) is 4.71. The first kappa shape index (κ1) is 13.2. The number of aromatic nitrogens is 2. The molecule has 0 spiro atoms. The summed E-state index contributed by atoms with van der Waals surface area (Å²) < 4.78 is 6.21. The lowest BCUT2D eigenvalue weighted by Crippen LogP contribution is -2.02. The van der Waals surface area contributed by atoms with Crippen LogP contribution < -0.4 is 10.1 Å². The summed E-state index contributed by atoms with van der Waals surface area (Å²) >= 11 is 3.53. The third-order valence-electron chi connectivity index (χ3n) is 4.09. The molecule has 0 radical (unpaired) electrons. The first-order valence-electron chi connectivity index (χ1n) is 7.20. The second-order valence-electron chi connectivity index (χ2n) is 5.58. The van der Waals surface area contributed by atoms with Gasteiger partial charge in [-0.05, 0) is 47.0 Å². The van der Waals surface area contributed by atoms with Crippen molar-refractivity contribution in [2.45, 2.75) is 31.8 Å². The van der Waals surface area contributed by atoms with E-state index in [2.05, 4.69) is 21.2 Å². The van der Waals surface area contributed by atoms with E-state index >= 15 is 0 Å². The Morgan fingerprint density at radius 3 is 2.81 bits per heavy atom. The van der Waals surface area contributed by atoms with E-state index in [9.17, 15) is 0 Å². The Labute approximate surface area is 132 Å². The summed E-state index contributed by atoms with van der Waals surface area (Å²) in [6, 6.07) is 6.00. The molecular formula is C16H16BrN3O. The van der Waals surface area contributed by atoms with Crippen LogP contribution in [0.15, 0.2) is 22.7 Å². The van der Waals surface area contributed by atoms with Crippen LogP contribution in [0.3, 0.4) is 0 Å². The summed E-state index contributed by atoms with van der Waals surface area (Å²) in [7, 11) is 1.67. The van der Waals surface area contributed by atoms with Gasteiger partial charge in [0.2, 0.25) is 0 Å². The van der Waals surface area contributed by atoms with Crippen molar-refractivity contribution < 1.29 is 4.74 Å². The number of hydrogen-bond donors (Lipinski definition) is 1. The Balaban J connectivity index is 1.81. The summed E-state index contributed by atoms with van der Waals surface area (Å²) in [6.07, 6.45) is 2.52. The summed E-state index contributed by atoms with van der Waals surface area (Å²) in [5.74, 6) is 2.29. The minimum atomic E-state index is 0.641. The largest absolute Gasteiger partial charge is 0.496 e. The second-order valence-corrected chi connectivity index (χ2v) is 6.44. The van der Waals surface area contributed by atoms with E-state index in [1.54, 1.807) is 7.11 Å². The number of benzene rings is 1. The quantitative estimate of drug-likeness (QED) is 0.926. The van der Waals surface area contributed by atoms with Crippen molar-refractivity contribution in [1.82, 2.24) is 15.3 Å². The van der Waals surface area contributed by atoms with E-state index < -0.39 is 0 Å². The Bertz CT molecular complexity index is 713. The van der Waals surface area contributed by atoms with Crippen molar-refractivity contribution in [3.05, 3.63) is 39.6 Å². The molecule has 2 heterocycles. The molecule has 0 unspecified atom stereocenters. The van der Waals surface area contributed by atoms with Crippen LogP contribution in [0.25, 0.3) is 11.4 Å². The van der Waals surface area contributed by atoms with Crippen molar-refractivity contribution in [2.24, 2.45) is 0 Å². The fraction of sp³-hybridized carbons (Fsp3) is 0.375. The molecule has 1 aromatic heterocycles. The minimum absolute atomic E-state index is 0.641. The van der Waals surface area contributed by atoms with E-state index in [-0.39, 0.29) is 0 Å². The highest BCUT2D eigenvalue weighted by molar-refractivity contribution is 9.10. The summed E-state index contributed by atoms with van der Waals surface area (Å²) in [5, 5.41) is 3.39. The van der Waals surface area contributed by atoms with E-state index in [1.165, 1.54) is 24.1 Å². The molecule has 1 N–H and O–H groups in total. The molecule has 0 atom stereocenters. The number of hydrogen-bond acceptors (Lipinski definition) is 4. The number of fused-ring (bicyclic) bond motifs is 1. The van der Waals surface area contributed by atoms with E-state index in [1.807, 2.05) is 18.2 Å². The first-order valence-corrected chi connectivity index (χ1v) is 8.00. The number of nitrogens with zero attached hydrogens (tertiary/aromatic N) is 2. The van der Waals surface area contributed by atoms with Gasteiger partial charge in [0.05, 0.1) is 23.0 Å². The lowest BCUT2D eigenvalue weighted by atomic mass is 10.1. The van der Waals surface area contributed by atoms with Gasteiger partial charge in [-0.3, -0.25) is 0 Å². The molecular weight excluding hydrogens is 330 g/mol. The van der Waals surface area contributed by atoms with Crippen LogP contribution in [0, 0.1) is 0 Å². The van der Waals surface area contributed by atoms with E-state index in [0.29, 0.717) is 5.92 Å². The van der Waals surface area contributed by atoms with Gasteiger partial charge >= 0.3 is 0 Å². The van der Waals surface area contributed by atoms with Gasteiger partial charge in [0.1, 0.15) is 5.75 Å². The molecule has 0 amide bonds. The Hall–Kier alpha value is -1.46. The molecule has 1 saturated carbocycles. The summed E-state index contributed by atoms with van der Waals surface area (Å²) in [4.78, 5) is 9.62. The number of nitrogens with one attached hydrogen (secondary N) is 1. The predicted molar refractivity (Wildman–Crippen MR) is 84.2 cm³/mol. The molecule has 2 aromatic rings. The number of halogens is 1. The van der Waals surface area contributed by atoms with Crippen molar-refractivity contribution in [3.8, 4) is 17.1 Å². The third kappa shape index (κ3) is 2.34. The average molecular weight is 346 g/mol. The van der Waals surface area contributed by atoms with E-state index in [4.69, 9.17) is 14.7 Å². The molecule has 4 rings (SSSR count). The zero-order chi connectivity index (χ0) is 14.4. The fourth-order valence-electron chi connectivity index (χ4n) is 2.82. The van der Waals surface area contributed by atoms with Gasteiger partial charge in [0.25, 0.3) is 0 Å². The van der Waals surface area contributed by atoms with Crippen LogP contribution in [0.1, 0.15) is 35.7 Å². The van der Waals surface area contributed by atoms with Gasteiger partial charge in [-0.15, -0.1) is 0 Å². The van der Waals surface area contributed by atoms with Crippen molar-refractivity contribution in [1.29, 1.82) is 0 Å². The smallest absolute Gasteiger partial charge is 0.159 e. The molecule has 21 heavy (non-hydrogen) atoms. The fourth-order valence-corrected chi connectivity index (χ4v) is 3.36. The number of rotatable bonds is 3. The first-order chi connectivity index (χ1) is 10.3. The maximum absolute atomic E-state index is 5.28. The van der Waals surface area contributed by atoms with Crippen LogP contribution in [0.2, 0.25) is 0 Å². The monoisotopic (exact) mass is 345 g/mol. The highest BCUT2D eigenvalue weighted by atomic mass is 79.9. The van der Waals surface area contributed by atoms with Crippen LogP contribution >= 0.6 is 15.9 Å². The van der Waals surface area contributed by atoms with Crippen LogP contribution in [0.4, 0.5) is 0 Å². The van der Waals surface area contributed by atoms with Gasteiger partial charge in [-0.25, -0.2) is 9.97 Å². The molecule has 108 valence electrons. The maximum Gasteiger partial charge on any atom is 0.159 e. The molecule has 5 heteroatoms. The molecule has 1 aromatic carbocycles. The zero-order valence-electron chi connectivity index (χ0n) is 11.8. The molecule has 2 aliphatic rings. The second kappa shape index (κ2) is 5.07. The standard InChI is InChI=1S/C16H16BrN3O/c1-21-14-5-4-10(6-12(14)17)16-19-13-8-18-7-11(13)15(20-16)9-2-3-9/h4-6,9,18H,2-3,7-8H2,1H3. The topological polar surface area (TPSA) is 47.0 Å². The van der Waals surface area contributed by atoms with Gasteiger partial charge in [0, 0.05) is 30.1 Å². The lowest BCUT2D eigenvalue weighted by molar-refractivity contribution is 0.412. The summed E-state index contributed by atoms with van der Waals surface area (Å²) in [6.45, 7) is 1.76.